The molecule has 5 nitrogen and oxygen atoms in total. The summed E-state index contributed by atoms with van der Waals surface area (Å²) in [4.78, 5) is 14.6. The minimum absolute atomic E-state index is 0.228. The standard InChI is InChI=1S/C10H9F5N2O3/c1-19-9(18)5-2-4(3-16)17-8(6(5)7(11)12)20-10(13,14)15/h2,7H,3,16H2,1H3. The maximum absolute atomic E-state index is 12.9. The number of halogens is 5. The van der Waals surface area contributed by atoms with Crippen LogP contribution in [0.4, 0.5) is 22.0 Å². The fraction of sp³-hybridized carbons (Fsp3) is 0.400. The normalized spacial score (nSPS) is 11.6. The fourth-order valence-electron chi connectivity index (χ4n) is 1.36. The van der Waals surface area contributed by atoms with E-state index in [-0.39, 0.29) is 12.2 Å². The lowest BCUT2D eigenvalue weighted by atomic mass is 10.1. The minimum Gasteiger partial charge on any atom is -0.465 e. The van der Waals surface area contributed by atoms with Crippen LogP contribution in [0.5, 0.6) is 5.88 Å². The number of alkyl halides is 5. The summed E-state index contributed by atoms with van der Waals surface area (Å²) < 4.78 is 69.9. The molecule has 0 radical (unpaired) electrons. The van der Waals surface area contributed by atoms with Gasteiger partial charge in [0, 0.05) is 6.54 Å². The van der Waals surface area contributed by atoms with Crippen molar-refractivity contribution in [2.24, 2.45) is 5.73 Å². The number of rotatable bonds is 4. The van der Waals surface area contributed by atoms with Crippen LogP contribution in [0.1, 0.15) is 28.0 Å². The number of nitrogens with two attached hydrogens (primary N) is 1. The highest BCUT2D eigenvalue weighted by molar-refractivity contribution is 5.91. The molecule has 0 aliphatic carbocycles. The Labute approximate surface area is 109 Å². The van der Waals surface area contributed by atoms with E-state index in [2.05, 4.69) is 14.5 Å². The Morgan fingerprint density at radius 2 is 2.05 bits per heavy atom. The Hall–Kier alpha value is -1.97. The van der Waals surface area contributed by atoms with Gasteiger partial charge in [0.05, 0.1) is 23.9 Å². The van der Waals surface area contributed by atoms with Crippen LogP contribution in [0.15, 0.2) is 6.07 Å². The first kappa shape index (κ1) is 16.1. The topological polar surface area (TPSA) is 74.4 Å². The number of carbonyl (C=O) groups is 1. The smallest absolute Gasteiger partial charge is 0.465 e. The van der Waals surface area contributed by atoms with Crippen LogP contribution in [0.25, 0.3) is 0 Å². The molecule has 0 aliphatic heterocycles. The maximum atomic E-state index is 12.9. The lowest BCUT2D eigenvalue weighted by molar-refractivity contribution is -0.276. The van der Waals surface area contributed by atoms with Crippen LogP contribution in [-0.2, 0) is 11.3 Å². The zero-order valence-electron chi connectivity index (χ0n) is 10.0. The van der Waals surface area contributed by atoms with Gasteiger partial charge in [-0.15, -0.1) is 13.2 Å². The molecular weight excluding hydrogens is 291 g/mol. The number of aromatic nitrogens is 1. The summed E-state index contributed by atoms with van der Waals surface area (Å²) in [5.74, 6) is -2.67. The molecule has 1 aromatic heterocycles. The average Bonchev–Trinajstić information content (AvgIpc) is 2.34. The fourth-order valence-corrected chi connectivity index (χ4v) is 1.36. The number of carbonyl (C=O) groups excluding carboxylic acids is 1. The second-order valence-corrected chi connectivity index (χ2v) is 3.42. The molecular formula is C10H9F5N2O3. The Morgan fingerprint density at radius 1 is 1.45 bits per heavy atom. The molecule has 1 rings (SSSR count). The summed E-state index contributed by atoms with van der Waals surface area (Å²) in [6.07, 6.45) is -8.65. The molecule has 0 saturated carbocycles. The summed E-state index contributed by atoms with van der Waals surface area (Å²) in [6, 6.07) is 0.830. The van der Waals surface area contributed by atoms with Gasteiger partial charge in [0.15, 0.2) is 0 Å². The molecule has 0 amide bonds. The predicted molar refractivity (Wildman–Crippen MR) is 55.1 cm³/mol. The maximum Gasteiger partial charge on any atom is 0.574 e. The van der Waals surface area contributed by atoms with Gasteiger partial charge in [0.25, 0.3) is 6.43 Å². The number of pyridine rings is 1. The molecule has 0 fully saturated rings. The van der Waals surface area contributed by atoms with Crippen molar-refractivity contribution in [3.05, 3.63) is 22.9 Å². The summed E-state index contributed by atoms with van der Waals surface area (Å²) in [7, 11) is 0.893. The Balaban J connectivity index is 3.50. The number of hydrogen-bond donors (Lipinski definition) is 1. The lowest BCUT2D eigenvalue weighted by Crippen LogP contribution is -2.21. The molecule has 112 valence electrons. The quantitative estimate of drug-likeness (QED) is 0.681. The first-order valence-electron chi connectivity index (χ1n) is 5.05. The molecule has 0 bridgehead atoms. The van der Waals surface area contributed by atoms with E-state index in [4.69, 9.17) is 5.73 Å². The number of ether oxygens (including phenoxy) is 2. The number of methoxy groups -OCH3 is 1. The van der Waals surface area contributed by atoms with Gasteiger partial charge in [-0.3, -0.25) is 0 Å². The molecule has 1 aromatic rings. The van der Waals surface area contributed by atoms with E-state index < -0.39 is 35.8 Å². The minimum atomic E-state index is -5.24. The van der Waals surface area contributed by atoms with Crippen LogP contribution in [0, 0.1) is 0 Å². The van der Waals surface area contributed by atoms with Crippen molar-refractivity contribution in [2.75, 3.05) is 7.11 Å². The van der Waals surface area contributed by atoms with Gasteiger partial charge in [0.1, 0.15) is 0 Å². The van der Waals surface area contributed by atoms with Crippen LogP contribution in [-0.4, -0.2) is 24.4 Å². The Kier molecular flexibility index (Phi) is 4.82. The van der Waals surface area contributed by atoms with Crippen molar-refractivity contribution in [3.63, 3.8) is 0 Å². The van der Waals surface area contributed by atoms with Crippen LogP contribution in [0.3, 0.4) is 0 Å². The third-order valence-electron chi connectivity index (χ3n) is 2.12. The van der Waals surface area contributed by atoms with E-state index in [1.165, 1.54) is 0 Å². The first-order valence-corrected chi connectivity index (χ1v) is 5.05. The molecule has 0 unspecified atom stereocenters. The predicted octanol–water partition coefficient (Wildman–Crippen LogP) is 2.16. The molecule has 20 heavy (non-hydrogen) atoms. The van der Waals surface area contributed by atoms with Crippen molar-refractivity contribution in [1.82, 2.24) is 4.98 Å². The monoisotopic (exact) mass is 300 g/mol. The second kappa shape index (κ2) is 5.99. The highest BCUT2D eigenvalue weighted by Gasteiger charge is 2.36. The molecule has 0 aliphatic rings. The highest BCUT2D eigenvalue weighted by Crippen LogP contribution is 2.34. The van der Waals surface area contributed by atoms with Gasteiger partial charge in [-0.1, -0.05) is 0 Å². The van der Waals surface area contributed by atoms with Crippen LogP contribution >= 0.6 is 0 Å². The van der Waals surface area contributed by atoms with Crippen molar-refractivity contribution in [3.8, 4) is 5.88 Å². The Bertz CT molecular complexity index is 504. The van der Waals surface area contributed by atoms with E-state index in [1.807, 2.05) is 0 Å². The first-order chi connectivity index (χ1) is 9.19. The zero-order chi connectivity index (χ0) is 15.5. The van der Waals surface area contributed by atoms with Crippen molar-refractivity contribution in [2.45, 2.75) is 19.3 Å². The molecule has 10 heteroatoms. The van der Waals surface area contributed by atoms with Gasteiger partial charge < -0.3 is 15.2 Å². The zero-order valence-corrected chi connectivity index (χ0v) is 10.0. The highest BCUT2D eigenvalue weighted by atomic mass is 19.4. The summed E-state index contributed by atoms with van der Waals surface area (Å²) in [5, 5.41) is 0. The molecule has 1 heterocycles. The van der Waals surface area contributed by atoms with E-state index in [0.717, 1.165) is 13.2 Å². The summed E-state index contributed by atoms with van der Waals surface area (Å²) in [5.41, 5.74) is 2.87. The third-order valence-corrected chi connectivity index (χ3v) is 2.12. The van der Waals surface area contributed by atoms with Gasteiger partial charge in [0.2, 0.25) is 5.88 Å². The largest absolute Gasteiger partial charge is 0.574 e. The number of esters is 1. The second-order valence-electron chi connectivity index (χ2n) is 3.42. The Morgan fingerprint density at radius 3 is 2.45 bits per heavy atom. The van der Waals surface area contributed by atoms with Gasteiger partial charge >= 0.3 is 12.3 Å². The molecule has 0 atom stereocenters. The average molecular weight is 300 g/mol. The number of nitrogens with zero attached hydrogens (tertiary/aromatic N) is 1. The van der Waals surface area contributed by atoms with Crippen LogP contribution < -0.4 is 10.5 Å². The molecule has 2 N–H and O–H groups in total. The van der Waals surface area contributed by atoms with Gasteiger partial charge in [-0.2, -0.15) is 0 Å². The molecule has 0 saturated heterocycles. The third kappa shape index (κ3) is 3.76. The SMILES string of the molecule is COC(=O)c1cc(CN)nc(OC(F)(F)F)c1C(F)F. The van der Waals surface area contributed by atoms with E-state index in [1.54, 1.807) is 0 Å². The van der Waals surface area contributed by atoms with Crippen molar-refractivity contribution in [1.29, 1.82) is 0 Å². The summed E-state index contributed by atoms with van der Waals surface area (Å²) >= 11 is 0. The molecule has 0 aromatic carbocycles. The number of hydrogen-bond acceptors (Lipinski definition) is 5. The molecule has 0 spiro atoms. The van der Waals surface area contributed by atoms with E-state index in [9.17, 15) is 26.7 Å². The summed E-state index contributed by atoms with van der Waals surface area (Å²) in [6.45, 7) is -0.373. The van der Waals surface area contributed by atoms with Gasteiger partial charge in [-0.25, -0.2) is 18.6 Å². The van der Waals surface area contributed by atoms with Crippen molar-refractivity contribution >= 4 is 5.97 Å². The van der Waals surface area contributed by atoms with Crippen LogP contribution in [0.2, 0.25) is 0 Å². The van der Waals surface area contributed by atoms with E-state index >= 15 is 0 Å². The van der Waals surface area contributed by atoms with Crippen molar-refractivity contribution < 1.29 is 36.2 Å². The lowest BCUT2D eigenvalue weighted by Gasteiger charge is -2.15. The van der Waals surface area contributed by atoms with Gasteiger partial charge in [-0.05, 0) is 6.07 Å². The van der Waals surface area contributed by atoms with E-state index in [0.29, 0.717) is 0 Å².